The van der Waals surface area contributed by atoms with Gasteiger partial charge in [0.2, 0.25) is 5.69 Å². The second-order valence-corrected chi connectivity index (χ2v) is 11.1. The minimum Gasteiger partial charge on any atom is -0.465 e. The van der Waals surface area contributed by atoms with Crippen LogP contribution in [-0.4, -0.2) is 24.7 Å². The third-order valence-corrected chi connectivity index (χ3v) is 9.47. The van der Waals surface area contributed by atoms with E-state index in [0.717, 1.165) is 33.7 Å². The predicted octanol–water partition coefficient (Wildman–Crippen LogP) is 3.53. The standard InChI is InChI=1S/C26H22F2N3O3S3/c1-4-31-19(13-16-7-5-6-11-30(16)14-15-10-12-35-21(15)26(33)34-3)36-23(24(31)32)25-29(2)18-9-8-17(27)20(28)22(18)37-25/h5-13H,4,14H2,1-3H3/q+1. The van der Waals surface area contributed by atoms with Crippen molar-refractivity contribution in [1.29, 1.82) is 0 Å². The lowest BCUT2D eigenvalue weighted by Gasteiger charge is -2.12. The van der Waals surface area contributed by atoms with Crippen LogP contribution in [0, 0.1) is 11.6 Å². The number of hydrogen-bond acceptors (Lipinski definition) is 7. The largest absolute Gasteiger partial charge is 0.465 e. The summed E-state index contributed by atoms with van der Waals surface area (Å²) in [6, 6.07) is 10.3. The molecule has 0 aliphatic carbocycles. The number of methoxy groups -OCH3 is 1. The Morgan fingerprint density at radius 1 is 1.19 bits per heavy atom. The van der Waals surface area contributed by atoms with Gasteiger partial charge in [-0.3, -0.25) is 9.36 Å². The molecule has 1 aliphatic heterocycles. The van der Waals surface area contributed by atoms with E-state index in [1.807, 2.05) is 53.4 Å². The second kappa shape index (κ2) is 10.2. The van der Waals surface area contributed by atoms with E-state index in [1.54, 1.807) is 16.5 Å². The number of aromatic nitrogens is 2. The Kier molecular flexibility index (Phi) is 7.02. The molecule has 0 saturated heterocycles. The first kappa shape index (κ1) is 25.4. The van der Waals surface area contributed by atoms with Gasteiger partial charge < -0.3 is 9.64 Å². The molecule has 1 aromatic carbocycles. The summed E-state index contributed by atoms with van der Waals surface area (Å²) in [5.74, 6) is -2.20. The van der Waals surface area contributed by atoms with Gasteiger partial charge in [0.05, 0.1) is 17.7 Å². The third-order valence-electron chi connectivity index (χ3n) is 6.02. The van der Waals surface area contributed by atoms with Crippen molar-refractivity contribution in [1.82, 2.24) is 4.57 Å². The van der Waals surface area contributed by atoms with Gasteiger partial charge in [-0.05, 0) is 36.6 Å². The highest BCUT2D eigenvalue weighted by molar-refractivity contribution is 8.08. The van der Waals surface area contributed by atoms with Crippen LogP contribution in [0.25, 0.3) is 11.1 Å². The molecule has 0 radical (unpaired) electrons. The number of anilines is 1. The Balaban J connectivity index is 1.62. The van der Waals surface area contributed by atoms with Gasteiger partial charge in [-0.15, -0.1) is 22.7 Å². The molecule has 0 fully saturated rings. The molecule has 4 aromatic rings. The highest BCUT2D eigenvalue weighted by atomic mass is 32.2. The van der Waals surface area contributed by atoms with Crippen LogP contribution in [0.4, 0.5) is 14.5 Å². The minimum absolute atomic E-state index is 0.178. The van der Waals surface area contributed by atoms with Crippen molar-refractivity contribution in [2.75, 3.05) is 19.1 Å². The van der Waals surface area contributed by atoms with E-state index in [-0.39, 0.29) is 16.4 Å². The van der Waals surface area contributed by atoms with Crippen molar-refractivity contribution in [3.05, 3.63) is 95.3 Å². The number of hydrogen-bond donors (Lipinski definition) is 0. The van der Waals surface area contributed by atoms with Crippen LogP contribution < -0.4 is 24.2 Å². The molecule has 11 heteroatoms. The maximum Gasteiger partial charge on any atom is 0.348 e. The predicted molar refractivity (Wildman–Crippen MR) is 142 cm³/mol. The van der Waals surface area contributed by atoms with Gasteiger partial charge in [0.25, 0.3) is 5.56 Å². The van der Waals surface area contributed by atoms with Crippen LogP contribution in [0.1, 0.15) is 27.9 Å². The zero-order valence-electron chi connectivity index (χ0n) is 20.2. The number of ether oxygens (including phenoxy) is 1. The number of thiazole rings is 1. The summed E-state index contributed by atoms with van der Waals surface area (Å²) in [6.45, 7) is 2.79. The molecule has 0 spiro atoms. The van der Waals surface area contributed by atoms with Crippen LogP contribution >= 0.6 is 34.4 Å². The number of fused-ring (bicyclic) bond motifs is 1. The van der Waals surface area contributed by atoms with E-state index in [9.17, 15) is 18.4 Å². The summed E-state index contributed by atoms with van der Waals surface area (Å²) in [5.41, 5.74) is 2.02. The first-order chi connectivity index (χ1) is 17.8. The van der Waals surface area contributed by atoms with Crippen LogP contribution in [0.15, 0.2) is 57.7 Å². The molecule has 0 saturated carbocycles. The van der Waals surface area contributed by atoms with E-state index in [4.69, 9.17) is 4.74 Å². The fourth-order valence-corrected chi connectivity index (χ4v) is 7.45. The molecule has 190 valence electrons. The summed E-state index contributed by atoms with van der Waals surface area (Å²) in [7, 11) is 3.11. The van der Waals surface area contributed by atoms with Gasteiger partial charge in [0, 0.05) is 37.4 Å². The lowest BCUT2D eigenvalue weighted by Crippen LogP contribution is -2.38. The van der Waals surface area contributed by atoms with E-state index < -0.39 is 11.6 Å². The van der Waals surface area contributed by atoms with Crippen LogP contribution in [0.5, 0.6) is 0 Å². The number of carbonyl (C=O) groups is 1. The Bertz CT molecular complexity index is 1710. The molecule has 4 heterocycles. The zero-order chi connectivity index (χ0) is 26.3. The van der Waals surface area contributed by atoms with E-state index in [0.29, 0.717) is 33.2 Å². The van der Waals surface area contributed by atoms with E-state index >= 15 is 0 Å². The minimum atomic E-state index is -0.915. The summed E-state index contributed by atoms with van der Waals surface area (Å²) in [4.78, 5) is 28.0. The van der Waals surface area contributed by atoms with Crippen molar-refractivity contribution in [2.24, 2.45) is 0 Å². The molecular formula is C26H22F2N3O3S3+. The molecular weight excluding hydrogens is 537 g/mol. The van der Waals surface area contributed by atoms with Crippen molar-refractivity contribution >= 4 is 57.2 Å². The van der Waals surface area contributed by atoms with Gasteiger partial charge in [-0.25, -0.2) is 13.6 Å². The maximum absolute atomic E-state index is 14.5. The highest BCUT2D eigenvalue weighted by Gasteiger charge is 2.29. The smallest absolute Gasteiger partial charge is 0.348 e. The SMILES string of the molecule is CCn1c(=Cc2cccc[n+]2Cc2ccsc2C(=O)OC)sc(=C2Sc3c(ccc(F)c3F)N2C)c1=O. The lowest BCUT2D eigenvalue weighted by atomic mass is 10.2. The number of rotatable bonds is 5. The fraction of sp³-hybridized carbons (Fsp3) is 0.192. The van der Waals surface area contributed by atoms with Crippen LogP contribution in [-0.2, 0) is 17.8 Å². The van der Waals surface area contributed by atoms with Crippen molar-refractivity contribution < 1.29 is 22.9 Å². The molecule has 0 N–H and O–H groups in total. The van der Waals surface area contributed by atoms with E-state index in [2.05, 4.69) is 0 Å². The average Bonchev–Trinajstić information content (AvgIpc) is 3.58. The second-order valence-electron chi connectivity index (χ2n) is 8.16. The molecule has 0 unspecified atom stereocenters. The zero-order valence-corrected chi connectivity index (χ0v) is 22.6. The summed E-state index contributed by atoms with van der Waals surface area (Å²) < 4.78 is 38.0. The molecule has 5 rings (SSSR count). The summed E-state index contributed by atoms with van der Waals surface area (Å²) >= 11 is 3.71. The summed E-state index contributed by atoms with van der Waals surface area (Å²) in [5, 5.41) is 2.42. The van der Waals surface area contributed by atoms with Crippen LogP contribution in [0.2, 0.25) is 0 Å². The fourth-order valence-electron chi connectivity index (χ4n) is 4.13. The van der Waals surface area contributed by atoms with Crippen molar-refractivity contribution in [2.45, 2.75) is 24.9 Å². The first-order valence-corrected chi connectivity index (χ1v) is 13.8. The number of esters is 1. The van der Waals surface area contributed by atoms with Crippen LogP contribution in [0.3, 0.4) is 0 Å². The van der Waals surface area contributed by atoms with Gasteiger partial charge in [0.1, 0.15) is 19.1 Å². The molecule has 0 atom stereocenters. The lowest BCUT2D eigenvalue weighted by molar-refractivity contribution is -0.690. The third kappa shape index (κ3) is 4.51. The molecule has 0 amide bonds. The van der Waals surface area contributed by atoms with Gasteiger partial charge in [-0.1, -0.05) is 11.8 Å². The molecule has 0 bridgehead atoms. The maximum atomic E-state index is 14.5. The molecule has 1 aliphatic rings. The molecule has 6 nitrogen and oxygen atoms in total. The van der Waals surface area contributed by atoms with Gasteiger partial charge in [-0.2, -0.15) is 4.57 Å². The first-order valence-electron chi connectivity index (χ1n) is 11.3. The monoisotopic (exact) mass is 558 g/mol. The quantitative estimate of drug-likeness (QED) is 0.277. The van der Waals surface area contributed by atoms with Crippen molar-refractivity contribution in [3.8, 4) is 0 Å². The number of benzene rings is 1. The Labute approximate surface area is 223 Å². The number of thiophene rings is 1. The Morgan fingerprint density at radius 2 is 2.00 bits per heavy atom. The number of nitrogens with zero attached hydrogens (tertiary/aromatic N) is 3. The van der Waals surface area contributed by atoms with Gasteiger partial charge in [0.15, 0.2) is 24.4 Å². The Morgan fingerprint density at radius 3 is 2.76 bits per heavy atom. The summed E-state index contributed by atoms with van der Waals surface area (Å²) in [6.07, 6.45) is 3.84. The van der Waals surface area contributed by atoms with Crippen molar-refractivity contribution in [3.63, 3.8) is 0 Å². The Hall–Kier alpha value is -3.28. The molecule has 3 aromatic heterocycles. The highest BCUT2D eigenvalue weighted by Crippen LogP contribution is 2.47. The normalized spacial score (nSPS) is 14.8. The topological polar surface area (TPSA) is 55.4 Å². The number of halogens is 2. The molecule has 37 heavy (non-hydrogen) atoms. The average molecular weight is 559 g/mol. The number of thioether (sulfide) groups is 1. The number of carbonyl (C=O) groups excluding carboxylic acids is 1. The van der Waals surface area contributed by atoms with Gasteiger partial charge >= 0.3 is 5.97 Å². The van der Waals surface area contributed by atoms with E-state index in [1.165, 1.54) is 35.8 Å². The number of pyridine rings is 1.